The van der Waals surface area contributed by atoms with E-state index in [1.54, 1.807) is 36.4 Å². The number of nitrogens with one attached hydrogen (secondary N) is 1. The number of ether oxygens (including phenoxy) is 2. The second kappa shape index (κ2) is 9.64. The zero-order chi connectivity index (χ0) is 23.3. The zero-order valence-corrected chi connectivity index (χ0v) is 17.7. The van der Waals surface area contributed by atoms with E-state index in [2.05, 4.69) is 5.32 Å². The number of fused-ring (bicyclic) bond motifs is 1. The predicted octanol–water partition coefficient (Wildman–Crippen LogP) is 4.56. The van der Waals surface area contributed by atoms with Crippen LogP contribution < -0.4 is 14.8 Å². The van der Waals surface area contributed by atoms with Crippen LogP contribution in [0, 0.1) is 11.6 Å². The van der Waals surface area contributed by atoms with Crippen LogP contribution >= 0.6 is 0 Å². The number of hydrogen-bond donors (Lipinski definition) is 2. The molecule has 0 fully saturated rings. The average molecular weight is 443 g/mol. The highest BCUT2D eigenvalue weighted by atomic mass is 19.1. The number of hydrogen-bond acceptors (Lipinski definition) is 4. The second-order valence-corrected chi connectivity index (χ2v) is 7.65. The molecule has 3 aromatic carbocycles. The summed E-state index contributed by atoms with van der Waals surface area (Å²) in [5.41, 5.74) is -1.69. The van der Waals surface area contributed by atoms with Crippen molar-refractivity contribution >= 4 is 22.6 Å². The van der Waals surface area contributed by atoms with Gasteiger partial charge in [-0.3, -0.25) is 4.79 Å². The highest BCUT2D eigenvalue weighted by Crippen LogP contribution is 2.32. The molecule has 0 unspecified atom stereocenters. The Hall–Kier alpha value is -3.68. The standard InChI is InChI=1S/C24H23F2NO5/c1-24(2,23(29)30)27-22(28)17-14-19(26)15-8-3-4-9-16(15)21(17)32-13-7-12-31-20-11-6-5-10-18(20)25/h3-6,8-11,14H,7,12-13H2,1-2H3,(H,27,28)(H,29,30). The van der Waals surface area contributed by atoms with Crippen molar-refractivity contribution in [3.05, 3.63) is 71.8 Å². The molecule has 3 rings (SSSR count). The van der Waals surface area contributed by atoms with Crippen LogP contribution in [0.3, 0.4) is 0 Å². The summed E-state index contributed by atoms with van der Waals surface area (Å²) in [5, 5.41) is 12.3. The Morgan fingerprint density at radius 2 is 1.56 bits per heavy atom. The minimum absolute atomic E-state index is 0.104. The smallest absolute Gasteiger partial charge is 0.328 e. The lowest BCUT2D eigenvalue weighted by atomic mass is 10.0. The Morgan fingerprint density at radius 1 is 0.938 bits per heavy atom. The first-order valence-corrected chi connectivity index (χ1v) is 9.98. The Morgan fingerprint density at radius 3 is 2.25 bits per heavy atom. The molecule has 2 N–H and O–H groups in total. The second-order valence-electron chi connectivity index (χ2n) is 7.65. The lowest BCUT2D eigenvalue weighted by molar-refractivity contribution is -0.143. The number of aliphatic carboxylic acids is 1. The monoisotopic (exact) mass is 443 g/mol. The first-order valence-electron chi connectivity index (χ1n) is 9.98. The summed E-state index contributed by atoms with van der Waals surface area (Å²) >= 11 is 0. The number of amides is 1. The maximum absolute atomic E-state index is 14.6. The first-order chi connectivity index (χ1) is 15.2. The Bertz CT molecular complexity index is 1150. The number of carboxylic acids is 1. The number of carboxylic acid groups (broad SMARTS) is 1. The van der Waals surface area contributed by atoms with Crippen LogP contribution in [-0.4, -0.2) is 35.7 Å². The molecule has 3 aromatic rings. The highest BCUT2D eigenvalue weighted by molar-refractivity contribution is 6.05. The molecule has 6 nitrogen and oxygen atoms in total. The van der Waals surface area contributed by atoms with Gasteiger partial charge in [0.2, 0.25) is 0 Å². The van der Waals surface area contributed by atoms with E-state index in [9.17, 15) is 23.5 Å². The van der Waals surface area contributed by atoms with E-state index >= 15 is 0 Å². The molecule has 1 amide bonds. The summed E-state index contributed by atoms with van der Waals surface area (Å²) in [6, 6.07) is 13.6. The minimum atomic E-state index is -1.57. The fourth-order valence-corrected chi connectivity index (χ4v) is 3.01. The highest BCUT2D eigenvalue weighted by Gasteiger charge is 2.31. The van der Waals surface area contributed by atoms with E-state index in [4.69, 9.17) is 9.47 Å². The summed E-state index contributed by atoms with van der Waals surface area (Å²) in [6.07, 6.45) is 0.363. The fraction of sp³-hybridized carbons (Fsp3) is 0.250. The molecular formula is C24H23F2NO5. The molecule has 0 radical (unpaired) electrons. The fourth-order valence-electron chi connectivity index (χ4n) is 3.01. The van der Waals surface area contributed by atoms with Crippen molar-refractivity contribution in [3.8, 4) is 11.5 Å². The number of rotatable bonds is 9. The molecule has 8 heteroatoms. The molecule has 0 aliphatic heterocycles. The van der Waals surface area contributed by atoms with E-state index in [0.29, 0.717) is 11.8 Å². The van der Waals surface area contributed by atoms with Crippen LogP contribution in [0.4, 0.5) is 8.78 Å². The van der Waals surface area contributed by atoms with Gasteiger partial charge in [-0.2, -0.15) is 0 Å². The maximum atomic E-state index is 14.6. The topological polar surface area (TPSA) is 84.9 Å². The van der Waals surface area contributed by atoms with Gasteiger partial charge in [0.05, 0.1) is 18.8 Å². The summed E-state index contributed by atoms with van der Waals surface area (Å²) < 4.78 is 39.5. The van der Waals surface area contributed by atoms with Gasteiger partial charge < -0.3 is 19.9 Å². The van der Waals surface area contributed by atoms with Gasteiger partial charge in [-0.1, -0.05) is 36.4 Å². The number of benzene rings is 3. The Labute approximate surface area is 183 Å². The summed E-state index contributed by atoms with van der Waals surface area (Å²) in [4.78, 5) is 24.2. The van der Waals surface area contributed by atoms with Crippen LogP contribution in [0.25, 0.3) is 10.8 Å². The van der Waals surface area contributed by atoms with Crippen molar-refractivity contribution in [1.29, 1.82) is 0 Å². The van der Waals surface area contributed by atoms with Gasteiger partial charge >= 0.3 is 5.97 Å². The molecule has 168 valence electrons. The number of para-hydroxylation sites is 1. The third-order valence-electron chi connectivity index (χ3n) is 4.78. The van der Waals surface area contributed by atoms with E-state index in [-0.39, 0.29) is 35.7 Å². The molecule has 0 saturated carbocycles. The molecular weight excluding hydrogens is 420 g/mol. The number of carbonyl (C=O) groups excluding carboxylic acids is 1. The third-order valence-corrected chi connectivity index (χ3v) is 4.78. The van der Waals surface area contributed by atoms with Crippen molar-refractivity contribution in [1.82, 2.24) is 5.32 Å². The van der Waals surface area contributed by atoms with Gasteiger partial charge in [-0.25, -0.2) is 13.6 Å². The number of halogens is 2. The minimum Gasteiger partial charge on any atom is -0.492 e. The van der Waals surface area contributed by atoms with E-state index < -0.39 is 29.0 Å². The zero-order valence-electron chi connectivity index (χ0n) is 17.7. The van der Waals surface area contributed by atoms with Crippen LogP contribution in [0.1, 0.15) is 30.6 Å². The molecule has 0 bridgehead atoms. The first kappa shape index (κ1) is 23.0. The maximum Gasteiger partial charge on any atom is 0.328 e. The van der Waals surface area contributed by atoms with Crippen molar-refractivity contribution in [2.45, 2.75) is 25.8 Å². The molecule has 0 saturated heterocycles. The Kier molecular flexibility index (Phi) is 6.92. The normalized spacial score (nSPS) is 11.2. The van der Waals surface area contributed by atoms with Crippen molar-refractivity contribution in [2.75, 3.05) is 13.2 Å². The van der Waals surface area contributed by atoms with Crippen molar-refractivity contribution in [3.63, 3.8) is 0 Å². The van der Waals surface area contributed by atoms with E-state index in [1.165, 1.54) is 26.0 Å². The molecule has 0 heterocycles. The van der Waals surface area contributed by atoms with Gasteiger partial charge in [-0.05, 0) is 32.0 Å². The molecule has 0 aromatic heterocycles. The van der Waals surface area contributed by atoms with Crippen molar-refractivity contribution < 1.29 is 33.0 Å². The van der Waals surface area contributed by atoms with E-state index in [1.807, 2.05) is 0 Å². The molecule has 0 atom stereocenters. The van der Waals surface area contributed by atoms with Crippen LogP contribution in [0.5, 0.6) is 11.5 Å². The lowest BCUT2D eigenvalue weighted by Crippen LogP contribution is -2.49. The Balaban J connectivity index is 1.80. The van der Waals surface area contributed by atoms with Gasteiger partial charge in [0, 0.05) is 17.2 Å². The lowest BCUT2D eigenvalue weighted by Gasteiger charge is -2.22. The van der Waals surface area contributed by atoms with Crippen LogP contribution in [0.2, 0.25) is 0 Å². The SMILES string of the molecule is CC(C)(NC(=O)c1cc(F)c2ccccc2c1OCCCOc1ccccc1F)C(=O)O. The van der Waals surface area contributed by atoms with Crippen LogP contribution in [0.15, 0.2) is 54.6 Å². The average Bonchev–Trinajstić information content (AvgIpc) is 2.75. The van der Waals surface area contributed by atoms with Gasteiger partial charge in [0.15, 0.2) is 11.6 Å². The van der Waals surface area contributed by atoms with Crippen LogP contribution in [-0.2, 0) is 4.79 Å². The molecule has 0 spiro atoms. The largest absolute Gasteiger partial charge is 0.492 e. The third kappa shape index (κ3) is 5.14. The molecule has 0 aliphatic rings. The van der Waals surface area contributed by atoms with Gasteiger partial charge in [-0.15, -0.1) is 0 Å². The molecule has 0 aliphatic carbocycles. The van der Waals surface area contributed by atoms with Gasteiger partial charge in [0.1, 0.15) is 17.1 Å². The van der Waals surface area contributed by atoms with E-state index in [0.717, 1.165) is 6.07 Å². The number of carbonyl (C=O) groups is 2. The quantitative estimate of drug-likeness (QED) is 0.474. The van der Waals surface area contributed by atoms with Gasteiger partial charge in [0.25, 0.3) is 5.91 Å². The summed E-state index contributed by atoms with van der Waals surface area (Å²) in [7, 11) is 0. The molecule has 32 heavy (non-hydrogen) atoms. The summed E-state index contributed by atoms with van der Waals surface area (Å²) in [5.74, 6) is -2.87. The van der Waals surface area contributed by atoms with Crippen molar-refractivity contribution in [2.24, 2.45) is 0 Å². The summed E-state index contributed by atoms with van der Waals surface area (Å²) in [6.45, 7) is 2.91. The predicted molar refractivity (Wildman–Crippen MR) is 115 cm³/mol.